The number of aromatic nitrogens is 3. The van der Waals surface area contributed by atoms with Crippen LogP contribution in [0.4, 0.5) is 0 Å². The smallest absolute Gasteiger partial charge is 0.340 e. The molecule has 1 aliphatic heterocycles. The first-order valence-corrected chi connectivity index (χ1v) is 14.0. The summed E-state index contributed by atoms with van der Waals surface area (Å²) in [6, 6.07) is 14.3. The van der Waals surface area contributed by atoms with Gasteiger partial charge in [0.1, 0.15) is 11.9 Å². The molecule has 0 spiro atoms. The summed E-state index contributed by atoms with van der Waals surface area (Å²) >= 11 is 0. The van der Waals surface area contributed by atoms with E-state index >= 15 is 0 Å². The highest BCUT2D eigenvalue weighted by Gasteiger charge is 2.52. The number of H-pyrrole nitrogens is 2. The maximum absolute atomic E-state index is 12.4. The lowest BCUT2D eigenvalue weighted by atomic mass is 9.69. The first-order chi connectivity index (χ1) is 19.7. The minimum absolute atomic E-state index is 0.111. The number of nitriles is 1. The summed E-state index contributed by atoms with van der Waals surface area (Å²) in [5.74, 6) is 0.601. The second-order valence-electron chi connectivity index (χ2n) is 11.4. The summed E-state index contributed by atoms with van der Waals surface area (Å²) in [5, 5.41) is 20.2. The molecule has 2 heterocycles. The number of hydrogen-bond acceptors (Lipinski definition) is 7. The van der Waals surface area contributed by atoms with Gasteiger partial charge in [-0.1, -0.05) is 31.4 Å². The third-order valence-electron chi connectivity index (χ3n) is 8.98. The van der Waals surface area contributed by atoms with Crippen molar-refractivity contribution in [3.63, 3.8) is 0 Å². The number of carbonyl (C=O) groups is 1. The van der Waals surface area contributed by atoms with Gasteiger partial charge in [0.15, 0.2) is 0 Å². The Morgan fingerprint density at radius 1 is 1.12 bits per heavy atom. The molecule has 2 unspecified atom stereocenters. The predicted molar refractivity (Wildman–Crippen MR) is 156 cm³/mol. The highest BCUT2D eigenvalue weighted by molar-refractivity contribution is 5.93. The minimum atomic E-state index is -0.844. The van der Waals surface area contributed by atoms with Gasteiger partial charge in [0.25, 0.3) is 0 Å². The molecule has 10 nitrogen and oxygen atoms in total. The van der Waals surface area contributed by atoms with Crippen LogP contribution in [0.15, 0.2) is 60.0 Å². The molecule has 1 amide bonds. The highest BCUT2D eigenvalue weighted by Crippen LogP contribution is 2.49. The van der Waals surface area contributed by atoms with E-state index in [0.29, 0.717) is 61.4 Å². The molecule has 7 N–H and O–H groups in total. The van der Waals surface area contributed by atoms with Crippen LogP contribution in [0.25, 0.3) is 5.70 Å². The number of nitrogens with zero attached hydrogens (tertiary/aromatic N) is 3. The molecule has 10 heteroatoms. The lowest BCUT2D eigenvalue weighted by Crippen LogP contribution is -2.39. The average Bonchev–Trinajstić information content (AvgIpc) is 3.45. The van der Waals surface area contributed by atoms with Crippen molar-refractivity contribution >= 4 is 11.6 Å². The standard InChI is InChI=1S/C31H34N8O2/c1-17(39-24(15-32)13-23-14-27(23)39)16-35-10-9-31(29-36-30(41)38-37-29)25-7-5-19(18(2)33)11-20(25)3-4-21-12-22(28(34)40)6-8-26(21)31/h5-8,11-12,23-24,27,35H,1-4,9-10,13-14,16,33H2,(H2,34,40)(H2,36,37,38,41)/t23-,24?,27+,31?/m1/s1. The first-order valence-electron chi connectivity index (χ1n) is 14.0. The van der Waals surface area contributed by atoms with Crippen LogP contribution < -0.4 is 22.5 Å². The first kappa shape index (κ1) is 26.6. The van der Waals surface area contributed by atoms with E-state index in [1.807, 2.05) is 24.3 Å². The fourth-order valence-electron chi connectivity index (χ4n) is 6.94. The summed E-state index contributed by atoms with van der Waals surface area (Å²) in [4.78, 5) is 29.6. The number of likely N-dealkylation sites (tertiary alicyclic amines) is 1. The van der Waals surface area contributed by atoms with E-state index in [0.717, 1.165) is 46.4 Å². The molecule has 1 saturated carbocycles. The number of fused-ring (bicyclic) bond motifs is 3. The van der Waals surface area contributed by atoms with Crippen molar-refractivity contribution in [2.24, 2.45) is 17.4 Å². The fourth-order valence-corrected chi connectivity index (χ4v) is 6.94. The summed E-state index contributed by atoms with van der Waals surface area (Å²) in [6.07, 6.45) is 3.95. The lowest BCUT2D eigenvalue weighted by molar-refractivity contribution is 0.1000. The number of aryl methyl sites for hydroxylation is 2. The largest absolute Gasteiger partial charge is 0.399 e. The second kappa shape index (κ2) is 10.1. The normalized spacial score (nSPS) is 24.0. The molecule has 1 aromatic heterocycles. The molecular formula is C31H34N8O2. The van der Waals surface area contributed by atoms with Crippen LogP contribution in [0, 0.1) is 17.2 Å². The number of nitrogens with one attached hydrogen (secondary N) is 3. The monoisotopic (exact) mass is 550 g/mol. The van der Waals surface area contributed by atoms with Gasteiger partial charge in [0.05, 0.1) is 11.5 Å². The van der Waals surface area contributed by atoms with E-state index in [1.165, 1.54) is 0 Å². The number of rotatable bonds is 9. The molecule has 3 aliphatic rings. The number of piperidine rings is 1. The molecule has 210 valence electrons. The number of aromatic amines is 2. The van der Waals surface area contributed by atoms with Gasteiger partial charge in [-0.2, -0.15) is 10.4 Å². The van der Waals surface area contributed by atoms with Gasteiger partial charge in [-0.05, 0) is 90.6 Å². The molecule has 2 fully saturated rings. The van der Waals surface area contributed by atoms with Gasteiger partial charge in [-0.15, -0.1) is 0 Å². The number of amides is 1. The molecule has 1 saturated heterocycles. The van der Waals surface area contributed by atoms with Gasteiger partial charge in [-0.25, -0.2) is 9.89 Å². The Morgan fingerprint density at radius 2 is 1.80 bits per heavy atom. The van der Waals surface area contributed by atoms with Crippen molar-refractivity contribution in [3.8, 4) is 6.07 Å². The maximum atomic E-state index is 12.4. The quantitative estimate of drug-likeness (QED) is 0.254. The van der Waals surface area contributed by atoms with Gasteiger partial charge in [0, 0.05) is 29.5 Å². The highest BCUT2D eigenvalue weighted by atomic mass is 16.1. The number of primary amides is 1. The number of carbonyl (C=O) groups excluding carboxylic acids is 1. The van der Waals surface area contributed by atoms with Crippen LogP contribution in [0.5, 0.6) is 0 Å². The number of hydrogen-bond donors (Lipinski definition) is 5. The Labute approximate surface area is 238 Å². The fraction of sp³-hybridized carbons (Fsp3) is 0.355. The third kappa shape index (κ3) is 4.52. The Kier molecular flexibility index (Phi) is 6.54. The Bertz CT molecular complexity index is 1600. The van der Waals surface area contributed by atoms with E-state index in [2.05, 4.69) is 50.7 Å². The molecule has 0 bridgehead atoms. The molecular weight excluding hydrogens is 516 g/mol. The SMILES string of the molecule is C=C(N)c1ccc2c(c1)CCc1cc(C(N)=O)ccc1C2(CCNCC(=C)N1C(C#N)C[C@@H]2C[C@@H]21)c1n[nH]c(=O)[nH]1. The summed E-state index contributed by atoms with van der Waals surface area (Å²) in [7, 11) is 0. The predicted octanol–water partition coefficient (Wildman–Crippen LogP) is 2.04. The molecule has 3 aromatic rings. The molecule has 2 aliphatic carbocycles. The minimum Gasteiger partial charge on any atom is -0.399 e. The zero-order valence-electron chi connectivity index (χ0n) is 22.9. The molecule has 2 aromatic carbocycles. The van der Waals surface area contributed by atoms with Gasteiger partial charge in [-0.3, -0.25) is 9.78 Å². The van der Waals surface area contributed by atoms with Crippen molar-refractivity contribution in [1.82, 2.24) is 25.4 Å². The zero-order chi connectivity index (χ0) is 28.9. The van der Waals surface area contributed by atoms with Crippen LogP contribution in [0.1, 0.15) is 63.3 Å². The Hall–Kier alpha value is -4.62. The maximum Gasteiger partial charge on any atom is 0.340 e. The molecule has 0 radical (unpaired) electrons. The van der Waals surface area contributed by atoms with Gasteiger partial charge < -0.3 is 21.7 Å². The van der Waals surface area contributed by atoms with Crippen molar-refractivity contribution < 1.29 is 4.79 Å². The lowest BCUT2D eigenvalue weighted by Gasteiger charge is -2.35. The molecule has 6 rings (SSSR count). The van der Waals surface area contributed by atoms with Crippen molar-refractivity contribution in [2.75, 3.05) is 13.1 Å². The van der Waals surface area contributed by atoms with Crippen molar-refractivity contribution in [2.45, 2.75) is 49.6 Å². The zero-order valence-corrected chi connectivity index (χ0v) is 22.9. The van der Waals surface area contributed by atoms with E-state index < -0.39 is 17.0 Å². The van der Waals surface area contributed by atoms with E-state index in [4.69, 9.17) is 11.5 Å². The van der Waals surface area contributed by atoms with Gasteiger partial charge >= 0.3 is 5.69 Å². The number of benzene rings is 2. The molecule has 4 atom stereocenters. The van der Waals surface area contributed by atoms with Gasteiger partial charge in [0.2, 0.25) is 5.91 Å². The molecule has 41 heavy (non-hydrogen) atoms. The van der Waals surface area contributed by atoms with Crippen molar-refractivity contribution in [3.05, 3.63) is 105 Å². The summed E-state index contributed by atoms with van der Waals surface area (Å²) < 4.78 is 0. The second-order valence-corrected chi connectivity index (χ2v) is 11.4. The third-order valence-corrected chi connectivity index (χ3v) is 8.98. The average molecular weight is 551 g/mol. The Morgan fingerprint density at radius 3 is 2.41 bits per heavy atom. The van der Waals surface area contributed by atoms with Crippen LogP contribution in [0.3, 0.4) is 0 Å². The van der Waals surface area contributed by atoms with Crippen LogP contribution in [0.2, 0.25) is 0 Å². The van der Waals surface area contributed by atoms with Crippen LogP contribution in [-0.2, 0) is 18.3 Å². The van der Waals surface area contributed by atoms with Crippen molar-refractivity contribution in [1.29, 1.82) is 5.26 Å². The van der Waals surface area contributed by atoms with E-state index in [1.54, 1.807) is 6.07 Å². The number of nitrogens with two attached hydrogens (primary N) is 2. The van der Waals surface area contributed by atoms with E-state index in [-0.39, 0.29) is 6.04 Å². The topological polar surface area (TPSA) is 170 Å². The van der Waals surface area contributed by atoms with Crippen LogP contribution in [-0.4, -0.2) is 51.2 Å². The summed E-state index contributed by atoms with van der Waals surface area (Å²) in [6.45, 7) is 9.32. The van der Waals surface area contributed by atoms with Crippen LogP contribution >= 0.6 is 0 Å². The van der Waals surface area contributed by atoms with E-state index in [9.17, 15) is 14.9 Å². The Balaban J connectivity index is 1.39. The summed E-state index contributed by atoms with van der Waals surface area (Å²) in [5.41, 5.74) is 17.1.